The number of aryl methyl sites for hydroxylation is 1. The third kappa shape index (κ3) is 4.86. The molecule has 4 aromatic rings. The number of nitrogens with one attached hydrogen (secondary N) is 2. The number of allylic oxidation sites excluding steroid dienone is 1. The van der Waals surface area contributed by atoms with E-state index in [4.69, 9.17) is 4.42 Å². The van der Waals surface area contributed by atoms with E-state index in [0.717, 1.165) is 5.56 Å². The summed E-state index contributed by atoms with van der Waals surface area (Å²) < 4.78 is 32.8. The summed E-state index contributed by atoms with van der Waals surface area (Å²) in [4.78, 5) is 33.0. The van der Waals surface area contributed by atoms with E-state index in [0.29, 0.717) is 28.8 Å². The lowest BCUT2D eigenvalue weighted by molar-refractivity contribution is 0.102. The smallest absolute Gasteiger partial charge is 0.349 e. The molecule has 1 amide bonds. The third-order valence-electron chi connectivity index (χ3n) is 4.89. The van der Waals surface area contributed by atoms with Crippen LogP contribution in [0.4, 0.5) is 11.6 Å². The number of amides is 1. The molecule has 34 heavy (non-hydrogen) atoms. The molecule has 2 aromatic carbocycles. The zero-order valence-electron chi connectivity index (χ0n) is 18.1. The van der Waals surface area contributed by atoms with E-state index in [2.05, 4.69) is 26.6 Å². The molecule has 2 heterocycles. The van der Waals surface area contributed by atoms with Crippen LogP contribution < -0.4 is 15.7 Å². The van der Waals surface area contributed by atoms with Crippen molar-refractivity contribution in [1.82, 2.24) is 9.97 Å². The van der Waals surface area contributed by atoms with Crippen molar-refractivity contribution in [3.05, 3.63) is 101 Å². The maximum absolute atomic E-state index is 12.7. The molecule has 0 saturated carbocycles. The first-order valence-electron chi connectivity index (χ1n) is 10.2. The molecule has 0 atom stereocenters. The first-order chi connectivity index (χ1) is 16.3. The van der Waals surface area contributed by atoms with Crippen molar-refractivity contribution in [3.63, 3.8) is 0 Å². The van der Waals surface area contributed by atoms with E-state index >= 15 is 0 Å². The minimum atomic E-state index is -3.93. The number of fused-ring (bicyclic) bond motifs is 1. The highest BCUT2D eigenvalue weighted by atomic mass is 32.2. The van der Waals surface area contributed by atoms with E-state index in [1.807, 2.05) is 6.07 Å². The van der Waals surface area contributed by atoms with Crippen LogP contribution in [0, 0.1) is 6.92 Å². The van der Waals surface area contributed by atoms with Gasteiger partial charge in [0.05, 0.1) is 4.90 Å². The fraction of sp³-hybridized carbons (Fsp3) is 0.0833. The topological polar surface area (TPSA) is 131 Å². The number of rotatable bonds is 7. The number of hydrogen-bond donors (Lipinski definition) is 2. The minimum Gasteiger partial charge on any atom is -0.422 e. The minimum absolute atomic E-state index is 0.0448. The molecule has 172 valence electrons. The Balaban J connectivity index is 1.54. The number of carbonyl (C=O) groups is 1. The lowest BCUT2D eigenvalue weighted by Gasteiger charge is -2.09. The second kappa shape index (κ2) is 9.28. The first-order valence-corrected chi connectivity index (χ1v) is 11.7. The van der Waals surface area contributed by atoms with Crippen LogP contribution in [-0.2, 0) is 16.4 Å². The van der Waals surface area contributed by atoms with Gasteiger partial charge < -0.3 is 9.73 Å². The molecule has 0 fully saturated rings. The van der Waals surface area contributed by atoms with Crippen molar-refractivity contribution in [1.29, 1.82) is 0 Å². The first kappa shape index (κ1) is 22.9. The predicted molar refractivity (Wildman–Crippen MR) is 128 cm³/mol. The van der Waals surface area contributed by atoms with Crippen molar-refractivity contribution in [2.75, 3.05) is 10.0 Å². The zero-order valence-corrected chi connectivity index (χ0v) is 18.9. The Hall–Kier alpha value is -4.31. The molecule has 0 aliphatic heterocycles. The van der Waals surface area contributed by atoms with Gasteiger partial charge in [0.25, 0.3) is 15.9 Å². The highest BCUT2D eigenvalue weighted by Gasteiger charge is 2.18. The molecule has 0 aliphatic rings. The molecule has 9 nitrogen and oxygen atoms in total. The number of carbonyl (C=O) groups excluding carboxylic acids is 1. The van der Waals surface area contributed by atoms with Gasteiger partial charge in [-0.15, -0.1) is 6.58 Å². The SMILES string of the molecule is C=CCc1cccc2cc(C(=O)Nc3ccc(S(=O)(=O)Nc4nccc(C)n4)cc3)c(=O)oc12. The number of sulfonamides is 1. The van der Waals surface area contributed by atoms with Crippen LogP contribution in [0.1, 0.15) is 21.6 Å². The molecule has 2 aromatic heterocycles. The van der Waals surface area contributed by atoms with Crippen LogP contribution in [0.3, 0.4) is 0 Å². The fourth-order valence-corrected chi connectivity index (χ4v) is 4.22. The van der Waals surface area contributed by atoms with E-state index < -0.39 is 21.6 Å². The molecule has 0 radical (unpaired) electrons. The monoisotopic (exact) mass is 476 g/mol. The highest BCUT2D eigenvalue weighted by Crippen LogP contribution is 2.21. The Morgan fingerprint density at radius 3 is 2.62 bits per heavy atom. The van der Waals surface area contributed by atoms with Gasteiger partial charge in [-0.2, -0.15) is 0 Å². The summed E-state index contributed by atoms with van der Waals surface area (Å²) in [6.07, 6.45) is 3.66. The van der Waals surface area contributed by atoms with Crippen LogP contribution in [0.25, 0.3) is 11.0 Å². The molecule has 10 heteroatoms. The summed E-state index contributed by atoms with van der Waals surface area (Å²) >= 11 is 0. The Morgan fingerprint density at radius 1 is 1.15 bits per heavy atom. The van der Waals surface area contributed by atoms with Crippen LogP contribution in [0.5, 0.6) is 0 Å². The second-order valence-corrected chi connectivity index (χ2v) is 9.06. The van der Waals surface area contributed by atoms with E-state index in [9.17, 15) is 18.0 Å². The van der Waals surface area contributed by atoms with Crippen molar-refractivity contribution in [2.24, 2.45) is 0 Å². The number of para-hydroxylation sites is 1. The summed E-state index contributed by atoms with van der Waals surface area (Å²) in [5, 5.41) is 3.19. The molecule has 0 bridgehead atoms. The molecule has 2 N–H and O–H groups in total. The number of benzene rings is 2. The zero-order chi connectivity index (χ0) is 24.3. The number of hydrogen-bond acceptors (Lipinski definition) is 7. The van der Waals surface area contributed by atoms with Gasteiger partial charge >= 0.3 is 5.63 Å². The van der Waals surface area contributed by atoms with Gasteiger partial charge in [0, 0.05) is 23.0 Å². The molecule has 0 spiro atoms. The normalized spacial score (nSPS) is 11.2. The van der Waals surface area contributed by atoms with Gasteiger partial charge in [0.15, 0.2) is 0 Å². The average molecular weight is 477 g/mol. The largest absolute Gasteiger partial charge is 0.422 e. The lowest BCUT2D eigenvalue weighted by Crippen LogP contribution is -2.21. The van der Waals surface area contributed by atoms with E-state index in [-0.39, 0.29) is 16.4 Å². The summed E-state index contributed by atoms with van der Waals surface area (Å²) in [7, 11) is -3.93. The highest BCUT2D eigenvalue weighted by molar-refractivity contribution is 7.92. The van der Waals surface area contributed by atoms with E-state index in [1.165, 1.54) is 36.5 Å². The number of anilines is 2. The predicted octanol–water partition coefficient (Wildman–Crippen LogP) is 3.67. The van der Waals surface area contributed by atoms with E-state index in [1.54, 1.807) is 31.2 Å². The van der Waals surface area contributed by atoms with Gasteiger partial charge in [-0.3, -0.25) is 4.79 Å². The van der Waals surface area contributed by atoms with Crippen molar-refractivity contribution >= 4 is 38.5 Å². The Labute approximate surface area is 195 Å². The average Bonchev–Trinajstić information content (AvgIpc) is 2.79. The number of nitrogens with zero attached hydrogens (tertiary/aromatic N) is 2. The van der Waals surface area contributed by atoms with Crippen molar-refractivity contribution < 1.29 is 17.6 Å². The van der Waals surface area contributed by atoms with Crippen LogP contribution >= 0.6 is 0 Å². The number of aromatic nitrogens is 2. The maximum Gasteiger partial charge on any atom is 0.349 e. The maximum atomic E-state index is 12.7. The van der Waals surface area contributed by atoms with Crippen LogP contribution in [0.2, 0.25) is 0 Å². The lowest BCUT2D eigenvalue weighted by atomic mass is 10.1. The summed E-state index contributed by atoms with van der Waals surface area (Å²) in [6, 6.07) is 13.9. The molecular weight excluding hydrogens is 456 g/mol. The quantitative estimate of drug-likeness (QED) is 0.307. The second-order valence-electron chi connectivity index (χ2n) is 7.38. The Kier molecular flexibility index (Phi) is 6.24. The molecular formula is C24H20N4O5S. The van der Waals surface area contributed by atoms with Crippen LogP contribution in [-0.4, -0.2) is 24.3 Å². The molecule has 0 unspecified atom stereocenters. The standard InChI is InChI=1S/C24H20N4O5S/c1-3-5-16-6-4-7-17-14-20(23(30)33-21(16)17)22(29)27-18-8-10-19(11-9-18)34(31,32)28-24-25-13-12-15(2)26-24/h3-4,6-14H,1,5H2,2H3,(H,27,29)(H,25,26,28). The molecule has 4 rings (SSSR count). The Morgan fingerprint density at radius 2 is 1.91 bits per heavy atom. The molecule has 0 saturated heterocycles. The van der Waals surface area contributed by atoms with Crippen LogP contribution in [0.15, 0.2) is 87.6 Å². The van der Waals surface area contributed by atoms with Gasteiger partial charge in [-0.25, -0.2) is 27.9 Å². The van der Waals surface area contributed by atoms with Crippen molar-refractivity contribution in [2.45, 2.75) is 18.2 Å². The van der Waals surface area contributed by atoms with Gasteiger partial charge in [0.1, 0.15) is 11.1 Å². The third-order valence-corrected chi connectivity index (χ3v) is 6.24. The molecule has 0 aliphatic carbocycles. The fourth-order valence-electron chi connectivity index (χ4n) is 3.27. The van der Waals surface area contributed by atoms with Gasteiger partial charge in [0.2, 0.25) is 5.95 Å². The van der Waals surface area contributed by atoms with Crippen molar-refractivity contribution in [3.8, 4) is 0 Å². The Bertz CT molecular complexity index is 1560. The summed E-state index contributed by atoms with van der Waals surface area (Å²) in [5.41, 5.74) is 1.17. The summed E-state index contributed by atoms with van der Waals surface area (Å²) in [5.74, 6) is -0.719. The summed E-state index contributed by atoms with van der Waals surface area (Å²) in [6.45, 7) is 5.41. The van der Waals surface area contributed by atoms with Gasteiger partial charge in [-0.1, -0.05) is 24.3 Å². The van der Waals surface area contributed by atoms with Gasteiger partial charge in [-0.05, 0) is 55.3 Å².